The number of benzene rings is 1. The molecule has 0 radical (unpaired) electrons. The summed E-state index contributed by atoms with van der Waals surface area (Å²) in [5, 5.41) is 2.98. The normalized spacial score (nSPS) is 21.0. The van der Waals surface area contributed by atoms with Gasteiger partial charge in [0.15, 0.2) is 0 Å². The minimum Gasteiger partial charge on any atom is -0.398 e. The zero-order chi connectivity index (χ0) is 15.4. The molecule has 1 aliphatic heterocycles. The van der Waals surface area contributed by atoms with Gasteiger partial charge in [-0.05, 0) is 51.6 Å². The van der Waals surface area contributed by atoms with E-state index < -0.39 is 0 Å². The summed E-state index contributed by atoms with van der Waals surface area (Å²) in [6, 6.07) is 5.99. The first-order valence-electron chi connectivity index (χ1n) is 7.55. The molecule has 1 aromatic carbocycles. The molecule has 1 atom stereocenters. The quantitative estimate of drug-likeness (QED) is 0.829. The number of nitrogens with one attached hydrogen (secondary N) is 1. The Hall–Kier alpha value is -1.59. The van der Waals surface area contributed by atoms with Crippen LogP contribution >= 0.6 is 0 Å². The zero-order valence-corrected chi connectivity index (χ0v) is 13.2. The molecular formula is C16H26N4O. The van der Waals surface area contributed by atoms with Gasteiger partial charge in [-0.25, -0.2) is 0 Å². The van der Waals surface area contributed by atoms with E-state index in [1.165, 1.54) is 0 Å². The second-order valence-corrected chi connectivity index (χ2v) is 6.00. The Labute approximate surface area is 127 Å². The molecule has 2 rings (SSSR count). The summed E-state index contributed by atoms with van der Waals surface area (Å²) in [7, 11) is 2.14. The van der Waals surface area contributed by atoms with E-state index in [0.29, 0.717) is 18.3 Å². The summed E-state index contributed by atoms with van der Waals surface area (Å²) in [6.07, 6.45) is 1.10. The SMILES string of the molecule is Cc1c(N)cccc1NC(=O)CN1CCCN(C)CC1C. The topological polar surface area (TPSA) is 61.6 Å². The summed E-state index contributed by atoms with van der Waals surface area (Å²) in [5.41, 5.74) is 8.31. The van der Waals surface area contributed by atoms with Crippen LogP contribution in [0, 0.1) is 6.92 Å². The fourth-order valence-corrected chi connectivity index (χ4v) is 2.82. The van der Waals surface area contributed by atoms with Gasteiger partial charge < -0.3 is 16.0 Å². The predicted octanol–water partition coefficient (Wildman–Crippen LogP) is 1.54. The first-order chi connectivity index (χ1) is 9.97. The van der Waals surface area contributed by atoms with Crippen molar-refractivity contribution in [2.75, 3.05) is 44.3 Å². The molecular weight excluding hydrogens is 264 g/mol. The summed E-state index contributed by atoms with van der Waals surface area (Å²) in [6.45, 7) is 7.61. The molecule has 1 unspecified atom stereocenters. The molecule has 0 spiro atoms. The van der Waals surface area contributed by atoms with Gasteiger partial charge >= 0.3 is 0 Å². The Kier molecular flexibility index (Phi) is 5.20. The molecule has 1 aromatic rings. The highest BCUT2D eigenvalue weighted by Gasteiger charge is 2.21. The van der Waals surface area contributed by atoms with E-state index >= 15 is 0 Å². The fourth-order valence-electron chi connectivity index (χ4n) is 2.82. The summed E-state index contributed by atoms with van der Waals surface area (Å²) >= 11 is 0. The van der Waals surface area contributed by atoms with Gasteiger partial charge in [-0.15, -0.1) is 0 Å². The second kappa shape index (κ2) is 6.91. The highest BCUT2D eigenvalue weighted by Crippen LogP contribution is 2.20. The highest BCUT2D eigenvalue weighted by atomic mass is 16.2. The minimum absolute atomic E-state index is 0.0279. The molecule has 5 nitrogen and oxygen atoms in total. The molecule has 0 aromatic heterocycles. The number of nitrogens with zero attached hydrogens (tertiary/aromatic N) is 2. The number of amides is 1. The number of carbonyl (C=O) groups excluding carboxylic acids is 1. The van der Waals surface area contributed by atoms with Gasteiger partial charge in [0.1, 0.15) is 0 Å². The monoisotopic (exact) mass is 290 g/mol. The van der Waals surface area contributed by atoms with Gasteiger partial charge in [-0.2, -0.15) is 0 Å². The van der Waals surface area contributed by atoms with E-state index in [-0.39, 0.29) is 5.91 Å². The van der Waals surface area contributed by atoms with Crippen molar-refractivity contribution >= 4 is 17.3 Å². The van der Waals surface area contributed by atoms with Crippen molar-refractivity contribution in [3.8, 4) is 0 Å². The van der Waals surface area contributed by atoms with Crippen LogP contribution in [0.5, 0.6) is 0 Å². The van der Waals surface area contributed by atoms with Crippen LogP contribution in [0.2, 0.25) is 0 Å². The van der Waals surface area contributed by atoms with Crippen molar-refractivity contribution in [1.29, 1.82) is 0 Å². The Morgan fingerprint density at radius 1 is 1.43 bits per heavy atom. The third kappa shape index (κ3) is 4.19. The molecule has 0 aliphatic carbocycles. The third-order valence-electron chi connectivity index (χ3n) is 4.18. The number of hydrogen-bond acceptors (Lipinski definition) is 4. The van der Waals surface area contributed by atoms with Crippen LogP contribution in [-0.2, 0) is 4.79 Å². The summed E-state index contributed by atoms with van der Waals surface area (Å²) in [4.78, 5) is 16.9. The van der Waals surface area contributed by atoms with Crippen molar-refractivity contribution in [3.63, 3.8) is 0 Å². The van der Waals surface area contributed by atoms with Crippen molar-refractivity contribution in [1.82, 2.24) is 9.80 Å². The standard InChI is InChI=1S/C16H26N4O/c1-12-10-19(3)8-5-9-20(12)11-16(21)18-15-7-4-6-14(17)13(15)2/h4,6-7,12H,5,8-11,17H2,1-3H3,(H,18,21). The first kappa shape index (κ1) is 15.8. The lowest BCUT2D eigenvalue weighted by Crippen LogP contribution is -2.42. The number of anilines is 2. The molecule has 1 fully saturated rings. The lowest BCUT2D eigenvalue weighted by atomic mass is 10.1. The number of rotatable bonds is 3. The minimum atomic E-state index is 0.0279. The molecule has 1 amide bonds. The third-order valence-corrected chi connectivity index (χ3v) is 4.18. The number of nitrogens with two attached hydrogens (primary N) is 1. The maximum Gasteiger partial charge on any atom is 0.238 e. The molecule has 5 heteroatoms. The van der Waals surface area contributed by atoms with E-state index in [1.807, 2.05) is 25.1 Å². The number of nitrogen functional groups attached to an aromatic ring is 1. The fraction of sp³-hybridized carbons (Fsp3) is 0.562. The summed E-state index contributed by atoms with van der Waals surface area (Å²) < 4.78 is 0. The van der Waals surface area contributed by atoms with Crippen LogP contribution < -0.4 is 11.1 Å². The average molecular weight is 290 g/mol. The Bertz CT molecular complexity index is 503. The predicted molar refractivity (Wildman–Crippen MR) is 87.4 cm³/mol. The van der Waals surface area contributed by atoms with Gasteiger partial charge in [0, 0.05) is 30.5 Å². The van der Waals surface area contributed by atoms with Gasteiger partial charge in [-0.1, -0.05) is 6.07 Å². The van der Waals surface area contributed by atoms with Gasteiger partial charge in [0.25, 0.3) is 0 Å². The van der Waals surface area contributed by atoms with Crippen LogP contribution in [-0.4, -0.2) is 55.0 Å². The van der Waals surface area contributed by atoms with Gasteiger partial charge in [-0.3, -0.25) is 9.69 Å². The van der Waals surface area contributed by atoms with E-state index in [4.69, 9.17) is 5.73 Å². The maximum absolute atomic E-state index is 12.3. The molecule has 1 saturated heterocycles. The lowest BCUT2D eigenvalue weighted by Gasteiger charge is -2.27. The first-order valence-corrected chi connectivity index (χ1v) is 7.55. The summed E-state index contributed by atoms with van der Waals surface area (Å²) in [5.74, 6) is 0.0279. The van der Waals surface area contributed by atoms with Crippen molar-refractivity contribution < 1.29 is 4.79 Å². The molecule has 0 saturated carbocycles. The number of hydrogen-bond donors (Lipinski definition) is 2. The molecule has 116 valence electrons. The average Bonchev–Trinajstić information content (AvgIpc) is 2.57. The second-order valence-electron chi connectivity index (χ2n) is 6.00. The number of carbonyl (C=O) groups is 1. The van der Waals surface area contributed by atoms with Crippen LogP contribution in [0.4, 0.5) is 11.4 Å². The van der Waals surface area contributed by atoms with Crippen LogP contribution in [0.15, 0.2) is 18.2 Å². The van der Waals surface area contributed by atoms with E-state index in [2.05, 4.69) is 29.1 Å². The smallest absolute Gasteiger partial charge is 0.238 e. The largest absolute Gasteiger partial charge is 0.398 e. The van der Waals surface area contributed by atoms with E-state index in [0.717, 1.165) is 37.3 Å². The van der Waals surface area contributed by atoms with Crippen LogP contribution in [0.3, 0.4) is 0 Å². The highest BCUT2D eigenvalue weighted by molar-refractivity contribution is 5.93. The van der Waals surface area contributed by atoms with Gasteiger partial charge in [0.2, 0.25) is 5.91 Å². The molecule has 3 N–H and O–H groups in total. The molecule has 0 bridgehead atoms. The lowest BCUT2D eigenvalue weighted by molar-refractivity contribution is -0.117. The zero-order valence-electron chi connectivity index (χ0n) is 13.2. The Morgan fingerprint density at radius 2 is 2.19 bits per heavy atom. The Morgan fingerprint density at radius 3 is 2.95 bits per heavy atom. The molecule has 1 aliphatic rings. The maximum atomic E-state index is 12.3. The Balaban J connectivity index is 1.96. The van der Waals surface area contributed by atoms with E-state index in [9.17, 15) is 4.79 Å². The van der Waals surface area contributed by atoms with E-state index in [1.54, 1.807) is 0 Å². The van der Waals surface area contributed by atoms with Crippen molar-refractivity contribution in [2.24, 2.45) is 0 Å². The van der Waals surface area contributed by atoms with Crippen LogP contribution in [0.25, 0.3) is 0 Å². The van der Waals surface area contributed by atoms with Crippen molar-refractivity contribution in [3.05, 3.63) is 23.8 Å². The molecule has 21 heavy (non-hydrogen) atoms. The van der Waals surface area contributed by atoms with Gasteiger partial charge in [0.05, 0.1) is 6.54 Å². The van der Waals surface area contributed by atoms with Crippen molar-refractivity contribution in [2.45, 2.75) is 26.3 Å². The molecule has 1 heterocycles. The van der Waals surface area contributed by atoms with Crippen LogP contribution in [0.1, 0.15) is 18.9 Å². The number of likely N-dealkylation sites (N-methyl/N-ethyl adjacent to an activating group) is 1.